The summed E-state index contributed by atoms with van der Waals surface area (Å²) in [5.41, 5.74) is 6.53. The Morgan fingerprint density at radius 3 is 2.52 bits per heavy atom. The Morgan fingerprint density at radius 2 is 2.00 bits per heavy atom. The number of pyridine rings is 1. The maximum atomic E-state index is 9.95. The molecule has 2 aromatic heterocycles. The molecule has 0 radical (unpaired) electrons. The Bertz CT molecular complexity index is 642. The van der Waals surface area contributed by atoms with E-state index in [1.54, 1.807) is 6.20 Å². The van der Waals surface area contributed by atoms with Crippen LogP contribution in [0.5, 0.6) is 0 Å². The van der Waals surface area contributed by atoms with Crippen LogP contribution in [0, 0.1) is 0 Å². The molecular weight excluding hydrogens is 314 g/mol. The quantitative estimate of drug-likeness (QED) is 0.875. The molecule has 0 aliphatic heterocycles. The standard InChI is InChI=1S/C16H23N5O.ClH/c1-16(2,3)21-15(10-8-11(17)13(22)9-10)19-14(20-21)12-6-4-5-7-18-12;/h4-7,10-11,13,22H,8-9,17H2,1-3H3;1H/t10-,11+,13+;/m0./s1. The van der Waals surface area contributed by atoms with Gasteiger partial charge in [-0.2, -0.15) is 0 Å². The molecule has 6 nitrogen and oxygen atoms in total. The van der Waals surface area contributed by atoms with Crippen LogP contribution in [0.4, 0.5) is 0 Å². The highest BCUT2D eigenvalue weighted by atomic mass is 35.5. The van der Waals surface area contributed by atoms with Crippen molar-refractivity contribution in [3.8, 4) is 11.5 Å². The van der Waals surface area contributed by atoms with E-state index in [2.05, 4.69) is 30.9 Å². The van der Waals surface area contributed by atoms with Gasteiger partial charge in [-0.3, -0.25) is 4.98 Å². The SMILES string of the molecule is CC(C)(C)n1nc(-c2ccccn2)nc1[C@H]1C[C@@H](N)[C@H](O)C1.Cl. The van der Waals surface area contributed by atoms with E-state index in [9.17, 15) is 5.11 Å². The monoisotopic (exact) mass is 337 g/mol. The van der Waals surface area contributed by atoms with Crippen molar-refractivity contribution in [3.63, 3.8) is 0 Å². The molecule has 1 fully saturated rings. The van der Waals surface area contributed by atoms with E-state index < -0.39 is 6.10 Å². The highest BCUT2D eigenvalue weighted by Gasteiger charge is 2.36. The van der Waals surface area contributed by atoms with Crippen molar-refractivity contribution in [1.29, 1.82) is 0 Å². The number of aliphatic hydroxyl groups is 1. The van der Waals surface area contributed by atoms with Crippen LogP contribution < -0.4 is 5.73 Å². The lowest BCUT2D eigenvalue weighted by Crippen LogP contribution is -2.28. The fourth-order valence-corrected chi connectivity index (χ4v) is 2.94. The van der Waals surface area contributed by atoms with Crippen LogP contribution in [0.25, 0.3) is 11.5 Å². The highest BCUT2D eigenvalue weighted by molar-refractivity contribution is 5.85. The lowest BCUT2D eigenvalue weighted by atomic mass is 10.0. The summed E-state index contributed by atoms with van der Waals surface area (Å²) in [5, 5.41) is 14.6. The van der Waals surface area contributed by atoms with Gasteiger partial charge in [0.15, 0.2) is 5.82 Å². The molecule has 0 bridgehead atoms. The third-order valence-corrected chi connectivity index (χ3v) is 4.10. The summed E-state index contributed by atoms with van der Waals surface area (Å²) < 4.78 is 1.95. The number of nitrogens with two attached hydrogens (primary N) is 1. The van der Waals surface area contributed by atoms with Gasteiger partial charge in [-0.25, -0.2) is 9.67 Å². The normalized spacial score (nSPS) is 24.5. The minimum atomic E-state index is -0.464. The fraction of sp³-hybridized carbons (Fsp3) is 0.562. The molecule has 2 heterocycles. The molecule has 1 saturated carbocycles. The fourth-order valence-electron chi connectivity index (χ4n) is 2.94. The van der Waals surface area contributed by atoms with Gasteiger partial charge in [0.05, 0.1) is 11.6 Å². The maximum absolute atomic E-state index is 9.95. The molecule has 3 atom stereocenters. The van der Waals surface area contributed by atoms with E-state index in [4.69, 9.17) is 10.7 Å². The first-order valence-electron chi connectivity index (χ1n) is 7.69. The molecule has 0 saturated heterocycles. The predicted octanol–water partition coefficient (Wildman–Crippen LogP) is 2.08. The van der Waals surface area contributed by atoms with Crippen LogP contribution in [-0.4, -0.2) is 37.0 Å². The first-order chi connectivity index (χ1) is 10.4. The zero-order valence-corrected chi connectivity index (χ0v) is 14.5. The van der Waals surface area contributed by atoms with Crippen molar-refractivity contribution in [2.24, 2.45) is 5.73 Å². The zero-order chi connectivity index (χ0) is 15.9. The van der Waals surface area contributed by atoms with E-state index in [1.807, 2.05) is 22.9 Å². The van der Waals surface area contributed by atoms with Crippen molar-refractivity contribution in [2.45, 2.75) is 57.2 Å². The number of halogens is 1. The number of hydrogen-bond donors (Lipinski definition) is 2. The number of nitrogens with zero attached hydrogens (tertiary/aromatic N) is 4. The number of aliphatic hydroxyl groups excluding tert-OH is 1. The summed E-state index contributed by atoms with van der Waals surface area (Å²) >= 11 is 0. The van der Waals surface area contributed by atoms with Crippen molar-refractivity contribution >= 4 is 12.4 Å². The number of rotatable bonds is 2. The molecule has 3 rings (SSSR count). The van der Waals surface area contributed by atoms with Gasteiger partial charge in [0.25, 0.3) is 0 Å². The van der Waals surface area contributed by atoms with Crippen LogP contribution in [0.3, 0.4) is 0 Å². The molecule has 0 spiro atoms. The van der Waals surface area contributed by atoms with Gasteiger partial charge in [-0.1, -0.05) is 6.07 Å². The Balaban J connectivity index is 0.00000192. The van der Waals surface area contributed by atoms with E-state index in [0.29, 0.717) is 12.2 Å². The van der Waals surface area contributed by atoms with Gasteiger partial charge in [0.1, 0.15) is 11.5 Å². The second kappa shape index (κ2) is 6.55. The van der Waals surface area contributed by atoms with Crippen LogP contribution in [0.2, 0.25) is 0 Å². The molecule has 2 aromatic rings. The third kappa shape index (κ3) is 3.54. The van der Waals surface area contributed by atoms with Gasteiger partial charge in [-0.15, -0.1) is 17.5 Å². The largest absolute Gasteiger partial charge is 0.391 e. The molecule has 7 heteroatoms. The zero-order valence-electron chi connectivity index (χ0n) is 13.7. The molecule has 0 unspecified atom stereocenters. The Labute approximate surface area is 142 Å². The summed E-state index contributed by atoms with van der Waals surface area (Å²) in [5.74, 6) is 1.65. The summed E-state index contributed by atoms with van der Waals surface area (Å²) in [6, 6.07) is 5.52. The van der Waals surface area contributed by atoms with E-state index in [1.165, 1.54) is 0 Å². The molecule has 1 aliphatic carbocycles. The van der Waals surface area contributed by atoms with Crippen LogP contribution in [0.15, 0.2) is 24.4 Å². The Kier molecular flexibility index (Phi) is 5.08. The number of aromatic nitrogens is 4. The Morgan fingerprint density at radius 1 is 1.26 bits per heavy atom. The second-order valence-electron chi connectivity index (χ2n) is 6.99. The first kappa shape index (κ1) is 17.8. The van der Waals surface area contributed by atoms with Gasteiger partial charge >= 0.3 is 0 Å². The van der Waals surface area contributed by atoms with Crippen molar-refractivity contribution in [2.75, 3.05) is 0 Å². The van der Waals surface area contributed by atoms with Crippen LogP contribution in [0.1, 0.15) is 45.4 Å². The highest BCUT2D eigenvalue weighted by Crippen LogP contribution is 2.35. The molecule has 126 valence electrons. The summed E-state index contributed by atoms with van der Waals surface area (Å²) in [4.78, 5) is 9.05. The van der Waals surface area contributed by atoms with E-state index in [0.717, 1.165) is 17.9 Å². The lowest BCUT2D eigenvalue weighted by Gasteiger charge is -2.23. The van der Waals surface area contributed by atoms with E-state index in [-0.39, 0.29) is 29.9 Å². The van der Waals surface area contributed by atoms with Gasteiger partial charge in [0.2, 0.25) is 0 Å². The minimum Gasteiger partial charge on any atom is -0.391 e. The van der Waals surface area contributed by atoms with E-state index >= 15 is 0 Å². The minimum absolute atomic E-state index is 0. The maximum Gasteiger partial charge on any atom is 0.200 e. The average Bonchev–Trinajstić information content (AvgIpc) is 3.04. The molecule has 23 heavy (non-hydrogen) atoms. The van der Waals surface area contributed by atoms with Crippen molar-refractivity contribution in [3.05, 3.63) is 30.2 Å². The molecular formula is C16H24ClN5O. The molecule has 0 amide bonds. The second-order valence-corrected chi connectivity index (χ2v) is 6.99. The molecule has 0 aromatic carbocycles. The molecule has 3 N–H and O–H groups in total. The number of hydrogen-bond acceptors (Lipinski definition) is 5. The first-order valence-corrected chi connectivity index (χ1v) is 7.69. The topological polar surface area (TPSA) is 89.9 Å². The van der Waals surface area contributed by atoms with Gasteiger partial charge < -0.3 is 10.8 Å². The predicted molar refractivity (Wildman–Crippen MR) is 91.5 cm³/mol. The average molecular weight is 338 g/mol. The van der Waals surface area contributed by atoms with Crippen molar-refractivity contribution in [1.82, 2.24) is 19.7 Å². The van der Waals surface area contributed by atoms with Gasteiger partial charge in [-0.05, 0) is 45.7 Å². The summed E-state index contributed by atoms with van der Waals surface area (Å²) in [6.45, 7) is 6.29. The van der Waals surface area contributed by atoms with Gasteiger partial charge in [0, 0.05) is 18.2 Å². The van der Waals surface area contributed by atoms with Crippen LogP contribution >= 0.6 is 12.4 Å². The Hall–Kier alpha value is -1.50. The summed E-state index contributed by atoms with van der Waals surface area (Å²) in [6.07, 6.45) is 2.64. The smallest absolute Gasteiger partial charge is 0.200 e. The van der Waals surface area contributed by atoms with Crippen molar-refractivity contribution < 1.29 is 5.11 Å². The molecule has 1 aliphatic rings. The third-order valence-electron chi connectivity index (χ3n) is 4.10. The lowest BCUT2D eigenvalue weighted by molar-refractivity contribution is 0.163. The van der Waals surface area contributed by atoms with Crippen LogP contribution in [-0.2, 0) is 5.54 Å². The summed E-state index contributed by atoms with van der Waals surface area (Å²) in [7, 11) is 0.